The van der Waals surface area contributed by atoms with E-state index in [1.807, 2.05) is 43.6 Å². The molecule has 8 nitrogen and oxygen atoms in total. The molecule has 0 spiro atoms. The Morgan fingerprint density at radius 2 is 1.90 bits per heavy atom. The topological polar surface area (TPSA) is 104 Å². The van der Waals surface area contributed by atoms with Gasteiger partial charge in [0, 0.05) is 12.2 Å². The number of rotatable bonds is 4. The first-order valence-electron chi connectivity index (χ1n) is 9.37. The van der Waals surface area contributed by atoms with Gasteiger partial charge in [0.15, 0.2) is 5.65 Å². The Bertz CT molecular complexity index is 1210. The van der Waals surface area contributed by atoms with Crippen LogP contribution < -0.4 is 5.73 Å². The smallest absolute Gasteiger partial charge is 0.269 e. The summed E-state index contributed by atoms with van der Waals surface area (Å²) in [6.45, 7) is 9.19. The summed E-state index contributed by atoms with van der Waals surface area (Å²) in [5.74, 6) is -0.578. The molecule has 8 heteroatoms. The van der Waals surface area contributed by atoms with Gasteiger partial charge in [-0.15, -0.1) is 0 Å². The number of hydrogen-bond donors (Lipinski definition) is 1. The number of aryl methyl sites for hydroxylation is 1. The molecule has 2 N–H and O–H groups in total. The number of primary amides is 1. The van der Waals surface area contributed by atoms with Crippen LogP contribution in [0.1, 0.15) is 37.0 Å². The molecule has 4 aromatic heterocycles. The second-order valence-corrected chi connectivity index (χ2v) is 8.29. The second kappa shape index (κ2) is 6.80. The summed E-state index contributed by atoms with van der Waals surface area (Å²) in [6, 6.07) is 9.54. The molecule has 0 bridgehead atoms. The van der Waals surface area contributed by atoms with Crippen molar-refractivity contribution in [2.75, 3.05) is 0 Å². The third-order valence-electron chi connectivity index (χ3n) is 4.47. The summed E-state index contributed by atoms with van der Waals surface area (Å²) in [5, 5.41) is 4.66. The van der Waals surface area contributed by atoms with E-state index in [-0.39, 0.29) is 11.1 Å². The molecule has 0 fully saturated rings. The summed E-state index contributed by atoms with van der Waals surface area (Å²) in [7, 11) is 0. The maximum Gasteiger partial charge on any atom is 0.269 e. The maximum atomic E-state index is 11.7. The third kappa shape index (κ3) is 3.61. The highest BCUT2D eigenvalue weighted by atomic mass is 16.1. The van der Waals surface area contributed by atoms with Crippen LogP contribution in [0.2, 0.25) is 0 Å². The number of nitrogens with two attached hydrogens (primary N) is 1. The van der Waals surface area contributed by atoms with Gasteiger partial charge in [-0.1, -0.05) is 26.8 Å². The summed E-state index contributed by atoms with van der Waals surface area (Å²) in [4.78, 5) is 25.2. The van der Waals surface area contributed by atoms with E-state index in [0.717, 1.165) is 29.3 Å². The van der Waals surface area contributed by atoms with Gasteiger partial charge < -0.3 is 10.3 Å². The highest BCUT2D eigenvalue weighted by Gasteiger charge is 2.22. The van der Waals surface area contributed by atoms with Crippen molar-refractivity contribution in [3.05, 3.63) is 54.2 Å². The van der Waals surface area contributed by atoms with Crippen LogP contribution in [0.3, 0.4) is 0 Å². The molecule has 0 saturated heterocycles. The first-order valence-corrected chi connectivity index (χ1v) is 9.37. The summed E-state index contributed by atoms with van der Waals surface area (Å²) < 4.78 is 3.55. The average Bonchev–Trinajstić information content (AvgIpc) is 3.23. The molecule has 0 saturated carbocycles. The first kappa shape index (κ1) is 18.8. The molecule has 4 aromatic rings. The molecule has 0 aromatic carbocycles. The number of fused-ring (bicyclic) bond motifs is 1. The SMILES string of the molecule is Cc1cccc(-c2ncn(CC(C)(C)C)c2-c2ccc3ncc(C(N)=O)n3n2)n1. The fourth-order valence-electron chi connectivity index (χ4n) is 3.31. The predicted molar refractivity (Wildman–Crippen MR) is 110 cm³/mol. The molecule has 4 rings (SSSR count). The quantitative estimate of drug-likeness (QED) is 0.577. The largest absolute Gasteiger partial charge is 0.364 e. The van der Waals surface area contributed by atoms with Crippen molar-refractivity contribution in [3.63, 3.8) is 0 Å². The van der Waals surface area contributed by atoms with E-state index in [9.17, 15) is 4.79 Å². The molecule has 1 amide bonds. The van der Waals surface area contributed by atoms with Crippen LogP contribution in [0.5, 0.6) is 0 Å². The molecule has 4 heterocycles. The Morgan fingerprint density at radius 3 is 2.59 bits per heavy atom. The Morgan fingerprint density at radius 1 is 1.10 bits per heavy atom. The highest BCUT2D eigenvalue weighted by Crippen LogP contribution is 2.31. The van der Waals surface area contributed by atoms with Crippen LogP contribution in [0, 0.1) is 12.3 Å². The van der Waals surface area contributed by atoms with Crippen LogP contribution in [-0.4, -0.2) is 35.0 Å². The normalized spacial score (nSPS) is 11.9. The van der Waals surface area contributed by atoms with E-state index in [0.29, 0.717) is 11.3 Å². The lowest BCUT2D eigenvalue weighted by atomic mass is 9.96. The zero-order chi connectivity index (χ0) is 20.8. The molecular formula is C21H23N7O. The van der Waals surface area contributed by atoms with Crippen LogP contribution in [0.4, 0.5) is 0 Å². The fraction of sp³-hybridized carbons (Fsp3) is 0.286. The number of aromatic nitrogens is 6. The predicted octanol–water partition coefficient (Wildman–Crippen LogP) is 3.11. The van der Waals surface area contributed by atoms with E-state index < -0.39 is 5.91 Å². The Kier molecular flexibility index (Phi) is 4.41. The van der Waals surface area contributed by atoms with Crippen molar-refractivity contribution >= 4 is 11.6 Å². The Hall–Kier alpha value is -3.55. The van der Waals surface area contributed by atoms with E-state index in [2.05, 4.69) is 45.4 Å². The molecule has 148 valence electrons. The number of carbonyl (C=O) groups is 1. The van der Waals surface area contributed by atoms with Gasteiger partial charge in [-0.3, -0.25) is 9.78 Å². The van der Waals surface area contributed by atoms with Crippen LogP contribution in [-0.2, 0) is 6.54 Å². The number of nitrogens with zero attached hydrogens (tertiary/aromatic N) is 6. The highest BCUT2D eigenvalue weighted by molar-refractivity contribution is 5.91. The molecule has 0 aliphatic heterocycles. The van der Waals surface area contributed by atoms with Crippen molar-refractivity contribution < 1.29 is 4.79 Å². The molecule has 0 aliphatic rings. The van der Waals surface area contributed by atoms with Gasteiger partial charge in [0.2, 0.25) is 0 Å². The van der Waals surface area contributed by atoms with Crippen molar-refractivity contribution in [2.24, 2.45) is 11.1 Å². The van der Waals surface area contributed by atoms with Gasteiger partial charge in [-0.05, 0) is 36.6 Å². The number of imidazole rings is 2. The molecule has 0 unspecified atom stereocenters. The van der Waals surface area contributed by atoms with Gasteiger partial charge in [0.25, 0.3) is 5.91 Å². The van der Waals surface area contributed by atoms with Gasteiger partial charge in [0.05, 0.1) is 23.9 Å². The summed E-state index contributed by atoms with van der Waals surface area (Å²) in [6.07, 6.45) is 3.25. The Balaban J connectivity index is 1.95. The summed E-state index contributed by atoms with van der Waals surface area (Å²) >= 11 is 0. The second-order valence-electron chi connectivity index (χ2n) is 8.29. The molecule has 0 radical (unpaired) electrons. The lowest BCUT2D eigenvalue weighted by molar-refractivity contribution is 0.0993. The van der Waals surface area contributed by atoms with Crippen LogP contribution in [0.25, 0.3) is 28.4 Å². The van der Waals surface area contributed by atoms with Crippen molar-refractivity contribution in [1.82, 2.24) is 29.1 Å². The van der Waals surface area contributed by atoms with Crippen molar-refractivity contribution in [1.29, 1.82) is 0 Å². The number of pyridine rings is 1. The zero-order valence-electron chi connectivity index (χ0n) is 16.9. The minimum Gasteiger partial charge on any atom is -0.364 e. The number of hydrogen-bond acceptors (Lipinski definition) is 5. The fourth-order valence-corrected chi connectivity index (χ4v) is 3.31. The van der Waals surface area contributed by atoms with Gasteiger partial charge in [0.1, 0.15) is 17.1 Å². The van der Waals surface area contributed by atoms with E-state index in [4.69, 9.17) is 5.73 Å². The lowest BCUT2D eigenvalue weighted by Gasteiger charge is -2.20. The van der Waals surface area contributed by atoms with Crippen molar-refractivity contribution in [3.8, 4) is 22.8 Å². The molecule has 0 aliphatic carbocycles. The van der Waals surface area contributed by atoms with E-state index in [1.165, 1.54) is 10.7 Å². The van der Waals surface area contributed by atoms with Gasteiger partial charge in [-0.25, -0.2) is 14.5 Å². The van der Waals surface area contributed by atoms with Crippen LogP contribution >= 0.6 is 0 Å². The molecule has 0 atom stereocenters. The summed E-state index contributed by atoms with van der Waals surface area (Å²) in [5.41, 5.74) is 10.2. The first-order chi connectivity index (χ1) is 13.7. The average molecular weight is 389 g/mol. The maximum absolute atomic E-state index is 11.7. The zero-order valence-corrected chi connectivity index (χ0v) is 16.9. The van der Waals surface area contributed by atoms with Crippen LogP contribution in [0.15, 0.2) is 42.9 Å². The standard InChI is InChI=1S/C21H23N7O/c1-13-6-5-7-14(25-13)18-19(27(12-24-18)11-21(2,3)4)15-8-9-17-23-10-16(20(22)29)28(17)26-15/h5-10,12H,11H2,1-4H3,(H2,22,29). The Labute approximate surface area is 168 Å². The number of amides is 1. The van der Waals surface area contributed by atoms with E-state index >= 15 is 0 Å². The number of carbonyl (C=O) groups excluding carboxylic acids is 1. The molecule has 29 heavy (non-hydrogen) atoms. The molecular weight excluding hydrogens is 366 g/mol. The third-order valence-corrected chi connectivity index (χ3v) is 4.47. The van der Waals surface area contributed by atoms with Gasteiger partial charge in [-0.2, -0.15) is 5.10 Å². The van der Waals surface area contributed by atoms with E-state index in [1.54, 1.807) is 0 Å². The minimum absolute atomic E-state index is 0.0320. The monoisotopic (exact) mass is 389 g/mol. The van der Waals surface area contributed by atoms with Crippen molar-refractivity contribution in [2.45, 2.75) is 34.2 Å². The minimum atomic E-state index is -0.578. The van der Waals surface area contributed by atoms with Gasteiger partial charge >= 0.3 is 0 Å². The lowest BCUT2D eigenvalue weighted by Crippen LogP contribution is -2.17.